The van der Waals surface area contributed by atoms with Crippen molar-refractivity contribution in [3.63, 3.8) is 0 Å². The summed E-state index contributed by atoms with van der Waals surface area (Å²) in [6, 6.07) is 5.53. The Morgan fingerprint density at radius 1 is 1.17 bits per heavy atom. The molecule has 29 heavy (non-hydrogen) atoms. The van der Waals surface area contributed by atoms with Crippen LogP contribution in [0.3, 0.4) is 0 Å². The van der Waals surface area contributed by atoms with Crippen LogP contribution in [-0.4, -0.2) is 62.0 Å². The van der Waals surface area contributed by atoms with Gasteiger partial charge in [-0.3, -0.25) is 4.79 Å². The first kappa shape index (κ1) is 21.8. The molecule has 1 aliphatic heterocycles. The molecule has 156 valence electrons. The molecule has 0 aliphatic carbocycles. The second kappa shape index (κ2) is 8.85. The van der Waals surface area contributed by atoms with E-state index in [0.717, 1.165) is 6.07 Å². The van der Waals surface area contributed by atoms with Crippen LogP contribution in [0.4, 0.5) is 0 Å². The van der Waals surface area contributed by atoms with Crippen molar-refractivity contribution in [2.75, 3.05) is 32.9 Å². The number of hydrogen-bond acceptors (Lipinski definition) is 6. The Morgan fingerprint density at radius 2 is 1.86 bits per heavy atom. The Bertz CT molecular complexity index is 1040. The number of rotatable bonds is 6. The number of esters is 1. The van der Waals surface area contributed by atoms with Crippen LogP contribution >= 0.6 is 23.2 Å². The minimum atomic E-state index is -3.95. The van der Waals surface area contributed by atoms with Crippen LogP contribution in [0.25, 0.3) is 0 Å². The van der Waals surface area contributed by atoms with E-state index >= 15 is 0 Å². The van der Waals surface area contributed by atoms with Gasteiger partial charge in [-0.15, -0.1) is 0 Å². The lowest BCUT2D eigenvalue weighted by atomic mass is 10.2. The van der Waals surface area contributed by atoms with E-state index in [4.69, 9.17) is 32.7 Å². The molecule has 1 aromatic carbocycles. The van der Waals surface area contributed by atoms with E-state index in [1.54, 1.807) is 29.9 Å². The number of aryl methyl sites for hydroxylation is 1. The molecule has 11 heteroatoms. The molecule has 1 aromatic heterocycles. The van der Waals surface area contributed by atoms with Gasteiger partial charge in [-0.1, -0.05) is 23.2 Å². The molecule has 0 atom stereocenters. The van der Waals surface area contributed by atoms with Crippen molar-refractivity contribution in [2.45, 2.75) is 4.90 Å². The minimum Gasteiger partial charge on any atom is -0.454 e. The van der Waals surface area contributed by atoms with Crippen molar-refractivity contribution < 1.29 is 27.5 Å². The number of sulfonamides is 1. The molecule has 0 radical (unpaired) electrons. The molecule has 0 spiro atoms. The van der Waals surface area contributed by atoms with Gasteiger partial charge in [0.05, 0.1) is 34.5 Å². The maximum atomic E-state index is 12.9. The largest absolute Gasteiger partial charge is 0.454 e. The SMILES string of the molecule is Cn1cccc1C(=O)COC(=O)c1cc(S(=O)(=O)N2CCOCC2)c(Cl)cc1Cl. The number of nitrogens with zero attached hydrogens (tertiary/aromatic N) is 2. The molecule has 0 saturated carbocycles. The Morgan fingerprint density at radius 3 is 2.48 bits per heavy atom. The molecule has 2 aromatic rings. The molecule has 0 N–H and O–H groups in total. The lowest BCUT2D eigenvalue weighted by molar-refractivity contribution is 0.0472. The van der Waals surface area contributed by atoms with Crippen LogP contribution < -0.4 is 0 Å². The van der Waals surface area contributed by atoms with Crippen LogP contribution in [0.5, 0.6) is 0 Å². The third kappa shape index (κ3) is 4.65. The fraction of sp³-hybridized carbons (Fsp3) is 0.333. The van der Waals surface area contributed by atoms with Crippen molar-refractivity contribution in [3.05, 3.63) is 51.8 Å². The first-order valence-corrected chi connectivity index (χ1v) is 10.8. The zero-order valence-electron chi connectivity index (χ0n) is 15.4. The Kier molecular flexibility index (Phi) is 6.65. The topological polar surface area (TPSA) is 94.9 Å². The smallest absolute Gasteiger partial charge is 0.340 e. The molecule has 1 aliphatic rings. The molecule has 0 amide bonds. The van der Waals surface area contributed by atoms with E-state index in [0.29, 0.717) is 5.69 Å². The van der Waals surface area contributed by atoms with Crippen molar-refractivity contribution in [1.82, 2.24) is 8.87 Å². The van der Waals surface area contributed by atoms with E-state index in [-0.39, 0.29) is 46.8 Å². The second-order valence-corrected chi connectivity index (χ2v) is 9.00. The predicted molar refractivity (Wildman–Crippen MR) is 106 cm³/mol. The Labute approximate surface area is 177 Å². The van der Waals surface area contributed by atoms with Gasteiger partial charge in [-0.25, -0.2) is 13.2 Å². The standard InChI is InChI=1S/C18H18Cl2N2O6S/c1-21-4-2-3-15(21)16(23)11-28-18(24)12-9-17(14(20)10-13(12)19)29(25,26)22-5-7-27-8-6-22/h2-4,9-10H,5-8,11H2,1H3. The van der Waals surface area contributed by atoms with E-state index in [1.165, 1.54) is 10.4 Å². The van der Waals surface area contributed by atoms with Gasteiger partial charge in [0, 0.05) is 26.3 Å². The van der Waals surface area contributed by atoms with Gasteiger partial charge < -0.3 is 14.0 Å². The highest BCUT2D eigenvalue weighted by Crippen LogP contribution is 2.31. The highest BCUT2D eigenvalue weighted by Gasteiger charge is 2.30. The second-order valence-electron chi connectivity index (χ2n) is 6.28. The van der Waals surface area contributed by atoms with Gasteiger partial charge in [-0.2, -0.15) is 4.31 Å². The van der Waals surface area contributed by atoms with Gasteiger partial charge in [0.1, 0.15) is 4.90 Å². The van der Waals surface area contributed by atoms with Gasteiger partial charge in [0.2, 0.25) is 15.8 Å². The fourth-order valence-electron chi connectivity index (χ4n) is 2.84. The molecular weight excluding hydrogens is 443 g/mol. The predicted octanol–water partition coefficient (Wildman–Crippen LogP) is 2.39. The number of ether oxygens (including phenoxy) is 2. The third-order valence-corrected chi connectivity index (χ3v) is 7.07. The van der Waals surface area contributed by atoms with Crippen LogP contribution in [0.15, 0.2) is 35.4 Å². The molecule has 0 bridgehead atoms. The molecule has 1 saturated heterocycles. The number of halogens is 2. The first-order chi connectivity index (χ1) is 13.7. The van der Waals surface area contributed by atoms with Crippen molar-refractivity contribution in [1.29, 1.82) is 0 Å². The molecule has 2 heterocycles. The van der Waals surface area contributed by atoms with E-state index in [9.17, 15) is 18.0 Å². The zero-order valence-corrected chi connectivity index (χ0v) is 17.8. The van der Waals surface area contributed by atoms with Gasteiger partial charge >= 0.3 is 5.97 Å². The average Bonchev–Trinajstić information content (AvgIpc) is 3.12. The maximum Gasteiger partial charge on any atom is 0.340 e. The van der Waals surface area contributed by atoms with Crippen molar-refractivity contribution in [3.8, 4) is 0 Å². The fourth-order valence-corrected chi connectivity index (χ4v) is 5.08. The number of benzene rings is 1. The Hall–Kier alpha value is -1.91. The third-order valence-electron chi connectivity index (χ3n) is 4.39. The van der Waals surface area contributed by atoms with E-state index in [1.807, 2.05) is 0 Å². The zero-order chi connectivity index (χ0) is 21.2. The number of Topliss-reactive ketones (excluding diaryl/α,β-unsaturated/α-hetero) is 1. The number of hydrogen-bond donors (Lipinski definition) is 0. The molecule has 8 nitrogen and oxygen atoms in total. The summed E-state index contributed by atoms with van der Waals surface area (Å²) in [5, 5.41) is -0.190. The monoisotopic (exact) mass is 460 g/mol. The van der Waals surface area contributed by atoms with Crippen LogP contribution in [0.1, 0.15) is 20.8 Å². The number of ketones is 1. The van der Waals surface area contributed by atoms with Crippen molar-refractivity contribution >= 4 is 45.0 Å². The summed E-state index contributed by atoms with van der Waals surface area (Å²) in [4.78, 5) is 24.4. The van der Waals surface area contributed by atoms with Gasteiger partial charge in [-0.05, 0) is 24.3 Å². The highest BCUT2D eigenvalue weighted by atomic mass is 35.5. The lowest BCUT2D eigenvalue weighted by Crippen LogP contribution is -2.40. The Balaban J connectivity index is 1.82. The molecular formula is C18H18Cl2N2O6S. The molecule has 1 fully saturated rings. The quantitative estimate of drug-likeness (QED) is 0.485. The number of morpholine rings is 1. The normalized spacial score (nSPS) is 15.3. The van der Waals surface area contributed by atoms with Crippen LogP contribution in [0, 0.1) is 0 Å². The summed E-state index contributed by atoms with van der Waals surface area (Å²) >= 11 is 12.2. The summed E-state index contributed by atoms with van der Waals surface area (Å²) in [6.07, 6.45) is 1.69. The summed E-state index contributed by atoms with van der Waals surface area (Å²) in [5.41, 5.74) is 0.179. The average molecular weight is 461 g/mol. The van der Waals surface area contributed by atoms with Crippen LogP contribution in [0.2, 0.25) is 10.0 Å². The minimum absolute atomic E-state index is 0.0766. The highest BCUT2D eigenvalue weighted by molar-refractivity contribution is 7.89. The summed E-state index contributed by atoms with van der Waals surface area (Å²) in [7, 11) is -2.26. The first-order valence-electron chi connectivity index (χ1n) is 8.60. The van der Waals surface area contributed by atoms with Crippen molar-refractivity contribution in [2.24, 2.45) is 7.05 Å². The van der Waals surface area contributed by atoms with E-state index < -0.39 is 28.4 Å². The van der Waals surface area contributed by atoms with E-state index in [2.05, 4.69) is 0 Å². The van der Waals surface area contributed by atoms with Gasteiger partial charge in [0.15, 0.2) is 6.61 Å². The summed E-state index contributed by atoms with van der Waals surface area (Å²) in [5.74, 6) is -1.33. The lowest BCUT2D eigenvalue weighted by Gasteiger charge is -2.26. The summed E-state index contributed by atoms with van der Waals surface area (Å²) in [6.45, 7) is 0.362. The molecule has 0 unspecified atom stereocenters. The molecule has 3 rings (SSSR count). The van der Waals surface area contributed by atoms with Gasteiger partial charge in [0.25, 0.3) is 0 Å². The number of aromatic nitrogens is 1. The number of carbonyl (C=O) groups excluding carboxylic acids is 2. The van der Waals surface area contributed by atoms with Crippen LogP contribution in [-0.2, 0) is 26.5 Å². The summed E-state index contributed by atoms with van der Waals surface area (Å²) < 4.78 is 38.8. The maximum absolute atomic E-state index is 12.9. The number of carbonyl (C=O) groups is 2.